The Morgan fingerprint density at radius 2 is 1.93 bits per heavy atom. The Hall–Kier alpha value is -3.32. The molecule has 0 saturated heterocycles. The molecule has 2 aromatic carbocycles. The van der Waals surface area contributed by atoms with E-state index in [0.717, 1.165) is 23.8 Å². The summed E-state index contributed by atoms with van der Waals surface area (Å²) in [5.41, 5.74) is 2.54. The zero-order valence-corrected chi connectivity index (χ0v) is 16.7. The Bertz CT molecular complexity index is 1230. The standard InChI is InChI=1S/C22H16ClF2N3O2/c1-13-2-6-19-18(8-13)27-21(30-19)12-28(11-15-9-16(24)4-5-17(15)25)22(29)14-3-7-20(23)26-10-14/h2-10H,11-12H2,1H3. The predicted octanol–water partition coefficient (Wildman–Crippen LogP) is 5.31. The summed E-state index contributed by atoms with van der Waals surface area (Å²) in [6.45, 7) is 1.72. The zero-order chi connectivity index (χ0) is 21.3. The van der Waals surface area contributed by atoms with Gasteiger partial charge in [0.2, 0.25) is 5.89 Å². The van der Waals surface area contributed by atoms with E-state index in [9.17, 15) is 13.6 Å². The van der Waals surface area contributed by atoms with Crippen LogP contribution in [0.15, 0.2) is 59.1 Å². The highest BCUT2D eigenvalue weighted by Crippen LogP contribution is 2.21. The highest BCUT2D eigenvalue weighted by atomic mass is 35.5. The van der Waals surface area contributed by atoms with Crippen molar-refractivity contribution in [2.45, 2.75) is 20.0 Å². The van der Waals surface area contributed by atoms with Gasteiger partial charge in [0.25, 0.3) is 5.91 Å². The number of pyridine rings is 1. The normalized spacial score (nSPS) is 11.1. The monoisotopic (exact) mass is 427 g/mol. The SMILES string of the molecule is Cc1ccc2oc(CN(Cc3cc(F)ccc3F)C(=O)c3ccc(Cl)nc3)nc2c1. The summed E-state index contributed by atoms with van der Waals surface area (Å²) in [5.74, 6) is -1.37. The van der Waals surface area contributed by atoms with Crippen molar-refractivity contribution in [3.05, 3.63) is 94.1 Å². The fraction of sp³-hybridized carbons (Fsp3) is 0.136. The van der Waals surface area contributed by atoms with E-state index in [4.69, 9.17) is 16.0 Å². The highest BCUT2D eigenvalue weighted by Gasteiger charge is 2.21. The lowest BCUT2D eigenvalue weighted by molar-refractivity contribution is 0.0713. The maximum Gasteiger partial charge on any atom is 0.256 e. The van der Waals surface area contributed by atoms with Crippen LogP contribution in [-0.2, 0) is 13.1 Å². The molecule has 0 bridgehead atoms. The van der Waals surface area contributed by atoms with Gasteiger partial charge in [-0.3, -0.25) is 4.79 Å². The zero-order valence-electron chi connectivity index (χ0n) is 15.9. The van der Waals surface area contributed by atoms with Crippen molar-refractivity contribution in [1.29, 1.82) is 0 Å². The van der Waals surface area contributed by atoms with E-state index in [1.165, 1.54) is 23.2 Å². The number of aromatic nitrogens is 2. The minimum atomic E-state index is -0.614. The quantitative estimate of drug-likeness (QED) is 0.405. The number of benzene rings is 2. The number of hydrogen-bond acceptors (Lipinski definition) is 4. The van der Waals surface area contributed by atoms with E-state index in [1.807, 2.05) is 19.1 Å². The average molecular weight is 428 g/mol. The third-order valence-corrected chi connectivity index (χ3v) is 4.77. The maximum absolute atomic E-state index is 14.2. The number of rotatable bonds is 5. The van der Waals surface area contributed by atoms with Crippen molar-refractivity contribution < 1.29 is 18.0 Å². The second-order valence-electron chi connectivity index (χ2n) is 6.85. The molecule has 4 aromatic rings. The summed E-state index contributed by atoms with van der Waals surface area (Å²) in [6.07, 6.45) is 1.33. The number of halogens is 3. The van der Waals surface area contributed by atoms with Crippen LogP contribution in [-0.4, -0.2) is 20.8 Å². The molecule has 8 heteroatoms. The van der Waals surface area contributed by atoms with Crippen molar-refractivity contribution >= 4 is 28.6 Å². The number of aryl methyl sites for hydroxylation is 1. The summed E-state index contributed by atoms with van der Waals surface area (Å²) < 4.78 is 33.6. The summed E-state index contributed by atoms with van der Waals surface area (Å²) in [4.78, 5) is 22.7. The molecule has 5 nitrogen and oxygen atoms in total. The van der Waals surface area contributed by atoms with Crippen LogP contribution in [0.25, 0.3) is 11.1 Å². The largest absolute Gasteiger partial charge is 0.439 e. The van der Waals surface area contributed by atoms with Crippen molar-refractivity contribution in [3.8, 4) is 0 Å². The number of oxazole rings is 1. The van der Waals surface area contributed by atoms with Crippen LogP contribution in [0.2, 0.25) is 5.15 Å². The van der Waals surface area contributed by atoms with Gasteiger partial charge >= 0.3 is 0 Å². The Labute approximate surface area is 175 Å². The second-order valence-corrected chi connectivity index (χ2v) is 7.23. The third kappa shape index (κ3) is 4.31. The van der Waals surface area contributed by atoms with Gasteiger partial charge in [-0.15, -0.1) is 0 Å². The van der Waals surface area contributed by atoms with Crippen molar-refractivity contribution in [3.63, 3.8) is 0 Å². The summed E-state index contributed by atoms with van der Waals surface area (Å²) >= 11 is 5.80. The predicted molar refractivity (Wildman–Crippen MR) is 108 cm³/mol. The molecule has 0 aliphatic heterocycles. The number of fused-ring (bicyclic) bond motifs is 1. The van der Waals surface area contributed by atoms with Gasteiger partial charge in [0.05, 0.1) is 12.1 Å². The molecule has 0 radical (unpaired) electrons. The topological polar surface area (TPSA) is 59.2 Å². The number of carbonyl (C=O) groups excluding carboxylic acids is 1. The number of amides is 1. The van der Waals surface area contributed by atoms with Crippen molar-refractivity contribution in [1.82, 2.24) is 14.9 Å². The third-order valence-electron chi connectivity index (χ3n) is 4.54. The maximum atomic E-state index is 14.2. The van der Waals surface area contributed by atoms with Gasteiger partial charge in [0, 0.05) is 18.3 Å². The lowest BCUT2D eigenvalue weighted by atomic mass is 10.1. The molecule has 2 heterocycles. The van der Waals surface area contributed by atoms with Crippen LogP contribution in [0.4, 0.5) is 8.78 Å². The van der Waals surface area contributed by atoms with E-state index < -0.39 is 17.5 Å². The highest BCUT2D eigenvalue weighted by molar-refractivity contribution is 6.29. The summed E-state index contributed by atoms with van der Waals surface area (Å²) in [6, 6.07) is 11.7. The first kappa shape index (κ1) is 20.0. The first-order valence-corrected chi connectivity index (χ1v) is 9.47. The average Bonchev–Trinajstić information content (AvgIpc) is 3.11. The van der Waals surface area contributed by atoms with Crippen LogP contribution in [0.1, 0.15) is 27.4 Å². The minimum Gasteiger partial charge on any atom is -0.439 e. The fourth-order valence-corrected chi connectivity index (χ4v) is 3.18. The molecule has 0 spiro atoms. The van der Waals surface area contributed by atoms with Gasteiger partial charge in [0.15, 0.2) is 5.58 Å². The molecule has 30 heavy (non-hydrogen) atoms. The van der Waals surface area contributed by atoms with Crippen LogP contribution in [0.5, 0.6) is 0 Å². The Morgan fingerprint density at radius 1 is 1.10 bits per heavy atom. The first-order valence-electron chi connectivity index (χ1n) is 9.10. The molecular weight excluding hydrogens is 412 g/mol. The fourth-order valence-electron chi connectivity index (χ4n) is 3.07. The molecule has 0 fully saturated rings. The van der Waals surface area contributed by atoms with Gasteiger partial charge in [-0.25, -0.2) is 18.7 Å². The van der Waals surface area contributed by atoms with Gasteiger partial charge in [0.1, 0.15) is 22.3 Å². The molecule has 0 unspecified atom stereocenters. The van der Waals surface area contributed by atoms with Crippen LogP contribution >= 0.6 is 11.6 Å². The van der Waals surface area contributed by atoms with E-state index in [-0.39, 0.29) is 35.3 Å². The van der Waals surface area contributed by atoms with Gasteiger partial charge in [-0.05, 0) is 55.0 Å². The van der Waals surface area contributed by atoms with E-state index in [1.54, 1.807) is 6.07 Å². The molecule has 0 saturated carbocycles. The molecule has 1 amide bonds. The molecule has 2 aromatic heterocycles. The van der Waals surface area contributed by atoms with Crippen molar-refractivity contribution in [2.24, 2.45) is 0 Å². The first-order chi connectivity index (χ1) is 14.4. The minimum absolute atomic E-state index is 0.0366. The molecule has 0 N–H and O–H groups in total. The molecule has 0 aliphatic rings. The number of carbonyl (C=O) groups is 1. The molecular formula is C22H16ClF2N3O2. The smallest absolute Gasteiger partial charge is 0.256 e. The van der Waals surface area contributed by atoms with E-state index >= 15 is 0 Å². The van der Waals surface area contributed by atoms with Crippen LogP contribution in [0, 0.1) is 18.6 Å². The van der Waals surface area contributed by atoms with E-state index in [0.29, 0.717) is 11.1 Å². The van der Waals surface area contributed by atoms with Gasteiger partial charge < -0.3 is 9.32 Å². The lowest BCUT2D eigenvalue weighted by Gasteiger charge is -2.21. The summed E-state index contributed by atoms with van der Waals surface area (Å²) in [5, 5.41) is 0.239. The van der Waals surface area contributed by atoms with Crippen molar-refractivity contribution in [2.75, 3.05) is 0 Å². The second kappa shape index (κ2) is 8.20. The van der Waals surface area contributed by atoms with Crippen LogP contribution < -0.4 is 0 Å². The molecule has 0 aliphatic carbocycles. The molecule has 0 atom stereocenters. The summed E-state index contributed by atoms with van der Waals surface area (Å²) in [7, 11) is 0. The lowest BCUT2D eigenvalue weighted by Crippen LogP contribution is -2.30. The van der Waals surface area contributed by atoms with Gasteiger partial charge in [-0.2, -0.15) is 0 Å². The van der Waals surface area contributed by atoms with E-state index in [2.05, 4.69) is 9.97 Å². The Balaban J connectivity index is 1.68. The number of hydrogen-bond donors (Lipinski definition) is 0. The molecule has 4 rings (SSSR count). The Kier molecular flexibility index (Phi) is 5.46. The molecule has 152 valence electrons. The van der Waals surface area contributed by atoms with Crippen LogP contribution in [0.3, 0.4) is 0 Å². The Morgan fingerprint density at radius 3 is 2.70 bits per heavy atom. The number of nitrogens with zero attached hydrogens (tertiary/aromatic N) is 3. The van der Waals surface area contributed by atoms with Gasteiger partial charge in [-0.1, -0.05) is 17.7 Å².